The summed E-state index contributed by atoms with van der Waals surface area (Å²) in [4.78, 5) is 28.8. The number of hydrogen-bond donors (Lipinski definition) is 1. The Morgan fingerprint density at radius 1 is 0.974 bits per heavy atom. The summed E-state index contributed by atoms with van der Waals surface area (Å²) in [6.45, 7) is 10.2. The van der Waals surface area contributed by atoms with Crippen LogP contribution in [0.4, 0.5) is 0 Å². The molecule has 7 heteroatoms. The van der Waals surface area contributed by atoms with Crippen molar-refractivity contribution in [3.05, 3.63) is 99.0 Å². The van der Waals surface area contributed by atoms with Crippen molar-refractivity contribution in [2.45, 2.75) is 65.1 Å². The van der Waals surface area contributed by atoms with Crippen LogP contribution in [0.3, 0.4) is 0 Å². The Morgan fingerprint density at radius 3 is 2.26 bits per heavy atom. The van der Waals surface area contributed by atoms with Gasteiger partial charge >= 0.3 is 0 Å². The van der Waals surface area contributed by atoms with Gasteiger partial charge in [0.05, 0.1) is 4.47 Å². The molecule has 1 N–H and O–H groups in total. The lowest BCUT2D eigenvalue weighted by molar-refractivity contribution is -0.143. The van der Waals surface area contributed by atoms with Gasteiger partial charge < -0.3 is 15.0 Å². The van der Waals surface area contributed by atoms with Gasteiger partial charge in [0, 0.05) is 24.0 Å². The molecule has 0 radical (unpaired) electrons. The molecule has 0 bridgehead atoms. The van der Waals surface area contributed by atoms with Crippen molar-refractivity contribution in [3.8, 4) is 5.75 Å². The highest BCUT2D eigenvalue weighted by molar-refractivity contribution is 9.10. The monoisotopic (exact) mass is 598 g/mol. The fraction of sp³-hybridized carbons (Fsp3) is 0.355. The molecule has 3 aromatic carbocycles. The van der Waals surface area contributed by atoms with E-state index in [1.165, 1.54) is 0 Å². The summed E-state index contributed by atoms with van der Waals surface area (Å²) in [5.41, 5.74) is 2.93. The second-order valence-corrected chi connectivity index (χ2v) is 12.0. The number of carbonyl (C=O) groups is 2. The molecule has 0 fully saturated rings. The van der Waals surface area contributed by atoms with E-state index in [9.17, 15) is 9.59 Å². The Hall–Kier alpha value is -2.83. The number of nitrogens with one attached hydrogen (secondary N) is 1. The predicted molar refractivity (Wildman–Crippen MR) is 158 cm³/mol. The van der Waals surface area contributed by atoms with Gasteiger partial charge in [-0.2, -0.15) is 0 Å². The number of carbonyl (C=O) groups excluding carboxylic acids is 2. The summed E-state index contributed by atoms with van der Waals surface area (Å²) < 4.78 is 6.75. The normalized spacial score (nSPS) is 12.2. The van der Waals surface area contributed by atoms with E-state index in [4.69, 9.17) is 16.3 Å². The molecular weight excluding hydrogens is 564 g/mol. The maximum absolute atomic E-state index is 13.7. The van der Waals surface area contributed by atoms with Crippen molar-refractivity contribution in [2.24, 2.45) is 0 Å². The minimum absolute atomic E-state index is 0.0148. The van der Waals surface area contributed by atoms with E-state index >= 15 is 0 Å². The maximum atomic E-state index is 13.7. The van der Waals surface area contributed by atoms with Crippen molar-refractivity contribution < 1.29 is 14.3 Å². The molecule has 0 aromatic heterocycles. The Bertz CT molecular complexity index is 1240. The van der Waals surface area contributed by atoms with E-state index < -0.39 is 6.04 Å². The van der Waals surface area contributed by atoms with E-state index in [2.05, 4.69) is 42.0 Å². The number of rotatable bonds is 10. The van der Waals surface area contributed by atoms with Crippen LogP contribution in [-0.2, 0) is 28.0 Å². The quantitative estimate of drug-likeness (QED) is 0.275. The van der Waals surface area contributed by atoms with Gasteiger partial charge in [0.1, 0.15) is 11.8 Å². The smallest absolute Gasteiger partial charge is 0.261 e. The Kier molecular flexibility index (Phi) is 10.4. The number of benzene rings is 3. The van der Waals surface area contributed by atoms with Gasteiger partial charge in [-0.05, 0) is 76.1 Å². The average Bonchev–Trinajstić information content (AvgIpc) is 2.85. The lowest BCUT2D eigenvalue weighted by Crippen LogP contribution is -2.52. The zero-order valence-corrected chi connectivity index (χ0v) is 25.0. The minimum atomic E-state index is -0.735. The molecule has 5 nitrogen and oxygen atoms in total. The van der Waals surface area contributed by atoms with Gasteiger partial charge in [0.2, 0.25) is 5.91 Å². The Balaban J connectivity index is 1.91. The largest absolute Gasteiger partial charge is 0.483 e. The first kappa shape index (κ1) is 29.7. The van der Waals surface area contributed by atoms with E-state index in [1.54, 1.807) is 11.0 Å². The maximum Gasteiger partial charge on any atom is 0.261 e. The minimum Gasteiger partial charge on any atom is -0.483 e. The van der Waals surface area contributed by atoms with Crippen molar-refractivity contribution in [1.82, 2.24) is 10.2 Å². The SMILES string of the molecule is CC(C)NC(=O)C(Cc1ccccc1)N(Cc1cccc(Cl)c1)C(=O)COc1ccc(C(C)(C)C)cc1Br. The Labute approximate surface area is 239 Å². The molecule has 1 unspecified atom stereocenters. The molecule has 1 atom stereocenters. The van der Waals surface area contributed by atoms with Gasteiger partial charge in [0.25, 0.3) is 5.91 Å². The van der Waals surface area contributed by atoms with Crippen molar-refractivity contribution in [3.63, 3.8) is 0 Å². The molecule has 38 heavy (non-hydrogen) atoms. The summed E-state index contributed by atoms with van der Waals surface area (Å²) >= 11 is 9.82. The highest BCUT2D eigenvalue weighted by atomic mass is 79.9. The third kappa shape index (κ3) is 8.60. The molecule has 0 saturated heterocycles. The van der Waals surface area contributed by atoms with E-state index in [1.807, 2.05) is 80.6 Å². The van der Waals surface area contributed by atoms with Crippen LogP contribution in [0.15, 0.2) is 77.3 Å². The van der Waals surface area contributed by atoms with Gasteiger partial charge in [-0.3, -0.25) is 9.59 Å². The second-order valence-electron chi connectivity index (χ2n) is 10.7. The molecule has 0 spiro atoms. The molecule has 3 rings (SSSR count). The lowest BCUT2D eigenvalue weighted by Gasteiger charge is -2.32. The third-order valence-electron chi connectivity index (χ3n) is 6.09. The first-order chi connectivity index (χ1) is 17.9. The summed E-state index contributed by atoms with van der Waals surface area (Å²) in [5, 5.41) is 3.56. The lowest BCUT2D eigenvalue weighted by atomic mass is 9.87. The van der Waals surface area contributed by atoms with Gasteiger partial charge in [-0.15, -0.1) is 0 Å². The van der Waals surface area contributed by atoms with Crippen LogP contribution in [0.2, 0.25) is 5.02 Å². The number of amides is 2. The first-order valence-electron chi connectivity index (χ1n) is 12.7. The van der Waals surface area contributed by atoms with Crippen LogP contribution in [0.1, 0.15) is 51.3 Å². The zero-order valence-electron chi connectivity index (χ0n) is 22.6. The fourth-order valence-electron chi connectivity index (χ4n) is 4.07. The molecule has 0 aliphatic rings. The van der Waals surface area contributed by atoms with Crippen molar-refractivity contribution >= 4 is 39.3 Å². The number of halogens is 2. The van der Waals surface area contributed by atoms with E-state index in [-0.39, 0.29) is 36.4 Å². The van der Waals surface area contributed by atoms with Crippen LogP contribution in [-0.4, -0.2) is 35.4 Å². The van der Waals surface area contributed by atoms with E-state index in [0.29, 0.717) is 17.2 Å². The average molecular weight is 600 g/mol. The van der Waals surface area contributed by atoms with Crippen LogP contribution in [0.25, 0.3) is 0 Å². The molecule has 0 heterocycles. The number of nitrogens with zero attached hydrogens (tertiary/aromatic N) is 1. The predicted octanol–water partition coefficient (Wildman–Crippen LogP) is 6.94. The summed E-state index contributed by atoms with van der Waals surface area (Å²) in [6.07, 6.45) is 0.371. The highest BCUT2D eigenvalue weighted by Gasteiger charge is 2.31. The van der Waals surface area contributed by atoms with Crippen molar-refractivity contribution in [1.29, 1.82) is 0 Å². The van der Waals surface area contributed by atoms with Gasteiger partial charge in [-0.1, -0.05) is 80.9 Å². The van der Waals surface area contributed by atoms with Crippen LogP contribution in [0.5, 0.6) is 5.75 Å². The standard InChI is InChI=1S/C31H36BrClN2O3/c1-21(2)34-30(37)27(17-22-10-7-6-8-11-22)35(19-23-12-9-13-25(33)16-23)29(36)20-38-28-15-14-24(18-26(28)32)31(3,4)5/h6-16,18,21,27H,17,19-20H2,1-5H3,(H,34,37). The topological polar surface area (TPSA) is 58.6 Å². The van der Waals surface area contributed by atoms with E-state index in [0.717, 1.165) is 21.2 Å². The van der Waals surface area contributed by atoms with Crippen LogP contribution >= 0.6 is 27.5 Å². The Morgan fingerprint density at radius 2 is 1.66 bits per heavy atom. The summed E-state index contributed by atoms with van der Waals surface area (Å²) in [5.74, 6) is 0.0619. The molecule has 2 amide bonds. The summed E-state index contributed by atoms with van der Waals surface area (Å²) in [7, 11) is 0. The summed E-state index contributed by atoms with van der Waals surface area (Å²) in [6, 6.07) is 22.1. The first-order valence-corrected chi connectivity index (χ1v) is 13.9. The molecular formula is C31H36BrClN2O3. The molecule has 0 aliphatic heterocycles. The van der Waals surface area contributed by atoms with Gasteiger partial charge in [0.15, 0.2) is 6.61 Å². The second kappa shape index (κ2) is 13.3. The highest BCUT2D eigenvalue weighted by Crippen LogP contribution is 2.31. The van der Waals surface area contributed by atoms with Crippen LogP contribution in [0, 0.1) is 0 Å². The van der Waals surface area contributed by atoms with Gasteiger partial charge in [-0.25, -0.2) is 0 Å². The van der Waals surface area contributed by atoms with Crippen molar-refractivity contribution in [2.75, 3.05) is 6.61 Å². The third-order valence-corrected chi connectivity index (χ3v) is 6.95. The molecule has 202 valence electrons. The molecule has 3 aromatic rings. The molecule has 0 saturated carbocycles. The molecule has 0 aliphatic carbocycles. The zero-order chi connectivity index (χ0) is 27.9. The van der Waals surface area contributed by atoms with Crippen LogP contribution < -0.4 is 10.1 Å². The number of ether oxygens (including phenoxy) is 1. The fourth-order valence-corrected chi connectivity index (χ4v) is 4.78. The number of hydrogen-bond acceptors (Lipinski definition) is 3.